The van der Waals surface area contributed by atoms with Gasteiger partial charge in [-0.25, -0.2) is 0 Å². The maximum Gasteiger partial charge on any atom is 0.418 e. The van der Waals surface area contributed by atoms with Gasteiger partial charge in [0.05, 0.1) is 23.1 Å². The third kappa shape index (κ3) is 3.90. The van der Waals surface area contributed by atoms with E-state index >= 15 is 0 Å². The molecule has 8 rings (SSSR count). The Bertz CT molecular complexity index is 1720. The van der Waals surface area contributed by atoms with Crippen LogP contribution in [0.4, 0.5) is 18.9 Å². The molecule has 0 unspecified atom stereocenters. The molecule has 1 aliphatic heterocycles. The van der Waals surface area contributed by atoms with Gasteiger partial charge in [0.25, 0.3) is 0 Å². The number of carbonyl (C=O) groups excluding carboxylic acids is 3. The Labute approximate surface area is 260 Å². The zero-order chi connectivity index (χ0) is 31.0. The van der Waals surface area contributed by atoms with Crippen molar-refractivity contribution in [2.24, 2.45) is 11.8 Å². The van der Waals surface area contributed by atoms with Crippen molar-refractivity contribution in [3.05, 3.63) is 137 Å². The van der Waals surface area contributed by atoms with Crippen molar-refractivity contribution in [3.63, 3.8) is 0 Å². The smallest absolute Gasteiger partial charge is 0.324 e. The van der Waals surface area contributed by atoms with Gasteiger partial charge in [0.2, 0.25) is 17.7 Å². The molecule has 44 heavy (non-hydrogen) atoms. The molecule has 5 nitrogen and oxygen atoms in total. The number of alkyl halides is 5. The summed E-state index contributed by atoms with van der Waals surface area (Å²) >= 11 is 15.0. The molecule has 1 N–H and O–H groups in total. The van der Waals surface area contributed by atoms with Gasteiger partial charge in [0.1, 0.15) is 15.8 Å². The van der Waals surface area contributed by atoms with Crippen LogP contribution in [-0.4, -0.2) is 28.7 Å². The van der Waals surface area contributed by atoms with Gasteiger partial charge in [-0.3, -0.25) is 19.3 Å². The Balaban J connectivity index is 1.36. The van der Waals surface area contributed by atoms with Crippen LogP contribution in [0.2, 0.25) is 0 Å². The lowest BCUT2D eigenvalue weighted by Gasteiger charge is -2.54. The molecule has 10 heteroatoms. The zero-order valence-electron chi connectivity index (χ0n) is 22.8. The number of rotatable bonds is 5. The Morgan fingerprint density at radius 3 is 1.64 bits per heavy atom. The number of nitrogens with one attached hydrogen (secondary N) is 1. The van der Waals surface area contributed by atoms with Crippen LogP contribution in [0.25, 0.3) is 0 Å². The zero-order valence-corrected chi connectivity index (χ0v) is 24.3. The van der Waals surface area contributed by atoms with Crippen LogP contribution in [0.5, 0.6) is 0 Å². The highest BCUT2D eigenvalue weighted by molar-refractivity contribution is 6.36. The first-order valence-electron chi connectivity index (χ1n) is 13.9. The third-order valence-corrected chi connectivity index (χ3v) is 10.3. The van der Waals surface area contributed by atoms with Crippen LogP contribution < -0.4 is 5.32 Å². The number of likely N-dealkylation sites (tertiary alicyclic amines) is 1. The number of hydrogen-bond donors (Lipinski definition) is 1. The van der Waals surface area contributed by atoms with Crippen molar-refractivity contribution < 1.29 is 27.6 Å². The number of para-hydroxylation sites is 1. The minimum atomic E-state index is -4.75. The average molecular weight is 635 g/mol. The molecule has 4 aromatic carbocycles. The van der Waals surface area contributed by atoms with Gasteiger partial charge in [0, 0.05) is 6.42 Å². The quantitative estimate of drug-likeness (QED) is 0.193. The second-order valence-corrected chi connectivity index (χ2v) is 12.4. The fourth-order valence-electron chi connectivity index (χ4n) is 7.19. The van der Waals surface area contributed by atoms with Crippen LogP contribution in [0, 0.1) is 11.8 Å². The normalized spacial score (nSPS) is 25.7. The molecule has 4 aromatic rings. The van der Waals surface area contributed by atoms with Crippen LogP contribution in [-0.2, 0) is 36.7 Å². The molecule has 0 radical (unpaired) electrons. The Morgan fingerprint density at radius 2 is 1.16 bits per heavy atom. The summed E-state index contributed by atoms with van der Waals surface area (Å²) in [7, 11) is 0. The monoisotopic (exact) mass is 634 g/mol. The molecular formula is C34H23Cl2F3N2O3. The van der Waals surface area contributed by atoms with Crippen molar-refractivity contribution in [2.75, 3.05) is 5.32 Å². The van der Waals surface area contributed by atoms with Gasteiger partial charge in [-0.1, -0.05) is 91.0 Å². The lowest BCUT2D eigenvalue weighted by molar-refractivity contribution is -0.147. The molecule has 1 saturated heterocycles. The largest absolute Gasteiger partial charge is 0.418 e. The highest BCUT2D eigenvalue weighted by Crippen LogP contribution is 2.69. The first-order valence-corrected chi connectivity index (χ1v) is 14.7. The Hall–Kier alpha value is -4.14. The highest BCUT2D eigenvalue weighted by Gasteiger charge is 2.73. The summed E-state index contributed by atoms with van der Waals surface area (Å²) in [5, 5.41) is 2.36. The predicted molar refractivity (Wildman–Crippen MR) is 159 cm³/mol. The second kappa shape index (κ2) is 9.94. The van der Waals surface area contributed by atoms with Gasteiger partial charge in [-0.15, -0.1) is 23.2 Å². The van der Waals surface area contributed by atoms with Gasteiger partial charge >= 0.3 is 6.18 Å². The van der Waals surface area contributed by atoms with E-state index in [9.17, 15) is 27.6 Å². The molecule has 1 heterocycles. The molecule has 0 spiro atoms. The molecule has 3 amide bonds. The fraction of sp³-hybridized carbons (Fsp3) is 0.206. The standard InChI is InChI=1S/C34H23Cl2F3N2O3/c35-32-20-12-4-5-13-21(20)33(36,23-15-7-6-14-22(23)32)28-27(32)30(43)41(31(28)44)26(18-19-10-2-1-3-11-19)29(42)40-25-17-9-8-16-24(25)34(37,38)39/h1-17,26-28H,18H2,(H,40,42)/t26-,27-,28+,32?,33?/m0/s1. The van der Waals surface area contributed by atoms with E-state index in [4.69, 9.17) is 23.2 Å². The van der Waals surface area contributed by atoms with Crippen LogP contribution in [0.1, 0.15) is 33.4 Å². The van der Waals surface area contributed by atoms with Crippen LogP contribution in [0.15, 0.2) is 103 Å². The second-order valence-electron chi connectivity index (χ2n) is 11.3. The Kier molecular flexibility index (Phi) is 6.47. The highest BCUT2D eigenvalue weighted by atomic mass is 35.5. The fourth-order valence-corrected chi connectivity index (χ4v) is 8.29. The van der Waals surface area contributed by atoms with E-state index in [-0.39, 0.29) is 6.42 Å². The van der Waals surface area contributed by atoms with Crippen molar-refractivity contribution in [1.82, 2.24) is 4.90 Å². The lowest BCUT2D eigenvalue weighted by atomic mass is 9.54. The van der Waals surface area contributed by atoms with E-state index in [0.29, 0.717) is 27.8 Å². The maximum atomic E-state index is 14.5. The van der Waals surface area contributed by atoms with E-state index in [0.717, 1.165) is 17.0 Å². The van der Waals surface area contributed by atoms with E-state index in [2.05, 4.69) is 5.32 Å². The first kappa shape index (κ1) is 28.6. The molecule has 4 aliphatic rings. The summed E-state index contributed by atoms with van der Waals surface area (Å²) in [6, 6.07) is 26.0. The number of imide groups is 1. The van der Waals surface area contributed by atoms with Crippen LogP contribution >= 0.6 is 23.2 Å². The number of anilines is 1. The molecule has 0 aromatic heterocycles. The van der Waals surface area contributed by atoms with Crippen molar-refractivity contribution in [2.45, 2.75) is 28.4 Å². The van der Waals surface area contributed by atoms with Crippen molar-refractivity contribution >= 4 is 46.6 Å². The number of carbonyl (C=O) groups is 3. The summed E-state index contributed by atoms with van der Waals surface area (Å²) in [5.41, 5.74) is 1.46. The molecule has 222 valence electrons. The van der Waals surface area contributed by atoms with E-state index in [1.807, 2.05) is 0 Å². The predicted octanol–water partition coefficient (Wildman–Crippen LogP) is 6.85. The molecule has 1 fully saturated rings. The summed E-state index contributed by atoms with van der Waals surface area (Å²) in [6.45, 7) is 0. The van der Waals surface area contributed by atoms with E-state index < -0.39 is 62.8 Å². The third-order valence-electron chi connectivity index (χ3n) is 9.00. The van der Waals surface area contributed by atoms with Gasteiger partial charge in [0.15, 0.2) is 0 Å². The summed E-state index contributed by atoms with van der Waals surface area (Å²) in [4.78, 5) is 41.0. The number of hydrogen-bond acceptors (Lipinski definition) is 3. The molecule has 2 bridgehead atoms. The first-order chi connectivity index (χ1) is 21.0. The molecule has 3 aliphatic carbocycles. The summed E-state index contributed by atoms with van der Waals surface area (Å²) in [5.74, 6) is -4.67. The number of halogens is 5. The van der Waals surface area contributed by atoms with Crippen molar-refractivity contribution in [3.8, 4) is 0 Å². The maximum absolute atomic E-state index is 14.5. The average Bonchev–Trinajstić information content (AvgIpc) is 3.29. The van der Waals surface area contributed by atoms with Gasteiger partial charge in [-0.05, 0) is 39.9 Å². The Morgan fingerprint density at radius 1 is 0.727 bits per heavy atom. The van der Waals surface area contributed by atoms with Crippen LogP contribution in [0.3, 0.4) is 0 Å². The topological polar surface area (TPSA) is 66.5 Å². The number of benzene rings is 4. The summed E-state index contributed by atoms with van der Waals surface area (Å²) in [6.07, 6.45) is -4.89. The molecular weight excluding hydrogens is 612 g/mol. The molecule has 0 saturated carbocycles. The summed E-state index contributed by atoms with van der Waals surface area (Å²) < 4.78 is 41.4. The number of amides is 3. The van der Waals surface area contributed by atoms with Gasteiger partial charge in [-0.2, -0.15) is 13.2 Å². The van der Waals surface area contributed by atoms with E-state index in [1.165, 1.54) is 12.1 Å². The van der Waals surface area contributed by atoms with E-state index in [1.54, 1.807) is 78.9 Å². The minimum absolute atomic E-state index is 0.137. The SMILES string of the molecule is O=C(Nc1ccccc1C(F)(F)F)[C@H](Cc1ccccc1)N1C(=O)[C@@H]2[C@H](C1=O)C1(Cl)c3ccccc3C2(Cl)c2ccccc21. The van der Waals surface area contributed by atoms with Crippen molar-refractivity contribution in [1.29, 1.82) is 0 Å². The van der Waals surface area contributed by atoms with Gasteiger partial charge < -0.3 is 5.32 Å². The lowest BCUT2D eigenvalue weighted by Crippen LogP contribution is -2.57. The molecule has 3 atom stereocenters. The number of nitrogens with zero attached hydrogens (tertiary/aromatic N) is 1. The minimum Gasteiger partial charge on any atom is -0.324 e.